The molecule has 0 radical (unpaired) electrons. The molecule has 0 heterocycles. The van der Waals surface area contributed by atoms with Crippen LogP contribution in [0.4, 0.5) is 5.69 Å². The Morgan fingerprint density at radius 1 is 1.35 bits per heavy atom. The number of rotatable bonds is 7. The van der Waals surface area contributed by atoms with E-state index in [1.54, 1.807) is 6.92 Å². The molecule has 20 heavy (non-hydrogen) atoms. The van der Waals surface area contributed by atoms with Crippen molar-refractivity contribution in [2.24, 2.45) is 0 Å². The number of aliphatic carboxylic acids is 1. The molecule has 0 aliphatic heterocycles. The number of anilines is 1. The van der Waals surface area contributed by atoms with Gasteiger partial charge in [0.1, 0.15) is 5.25 Å². The van der Waals surface area contributed by atoms with Gasteiger partial charge in [0.25, 0.3) is 0 Å². The zero-order valence-corrected chi connectivity index (χ0v) is 12.9. The van der Waals surface area contributed by atoms with E-state index in [1.165, 1.54) is 0 Å². The smallest absolute Gasteiger partial charge is 0.316 e. The molecule has 110 valence electrons. The largest absolute Gasteiger partial charge is 0.480 e. The van der Waals surface area contributed by atoms with Crippen molar-refractivity contribution in [3.05, 3.63) is 29.3 Å². The number of benzene rings is 1. The fourth-order valence-electron chi connectivity index (χ4n) is 1.92. The molecule has 5 heteroatoms. The van der Waals surface area contributed by atoms with Crippen LogP contribution in [0.1, 0.15) is 31.4 Å². The van der Waals surface area contributed by atoms with E-state index in [4.69, 9.17) is 5.11 Å². The molecule has 0 spiro atoms. The van der Waals surface area contributed by atoms with E-state index in [0.717, 1.165) is 35.0 Å². The number of carbonyl (C=O) groups excluding carboxylic acids is 1. The van der Waals surface area contributed by atoms with Crippen molar-refractivity contribution in [3.8, 4) is 0 Å². The molecule has 1 atom stereocenters. The van der Waals surface area contributed by atoms with Crippen LogP contribution in [0.3, 0.4) is 0 Å². The zero-order valence-electron chi connectivity index (χ0n) is 12.1. The van der Waals surface area contributed by atoms with Gasteiger partial charge in [-0.2, -0.15) is 0 Å². The molecule has 0 saturated carbocycles. The van der Waals surface area contributed by atoms with Crippen molar-refractivity contribution in [1.82, 2.24) is 0 Å². The van der Waals surface area contributed by atoms with Gasteiger partial charge in [-0.25, -0.2) is 0 Å². The van der Waals surface area contributed by atoms with Crippen molar-refractivity contribution in [1.29, 1.82) is 0 Å². The number of para-hydroxylation sites is 1. The maximum atomic E-state index is 12.0. The summed E-state index contributed by atoms with van der Waals surface area (Å²) in [5, 5.41) is 11.3. The molecule has 1 aromatic rings. The number of nitrogens with one attached hydrogen (secondary N) is 1. The summed E-state index contributed by atoms with van der Waals surface area (Å²) in [7, 11) is 0. The number of carboxylic acids is 1. The first-order valence-electron chi connectivity index (χ1n) is 6.72. The van der Waals surface area contributed by atoms with Gasteiger partial charge in [-0.3, -0.25) is 9.59 Å². The molecule has 0 aromatic heterocycles. The maximum Gasteiger partial charge on any atom is 0.316 e. The summed E-state index contributed by atoms with van der Waals surface area (Å²) in [6.07, 6.45) is 1.36. The van der Waals surface area contributed by atoms with Crippen molar-refractivity contribution in [2.75, 3.05) is 11.1 Å². The van der Waals surface area contributed by atoms with Crippen LogP contribution in [0.15, 0.2) is 18.2 Å². The van der Waals surface area contributed by atoms with Crippen LogP contribution < -0.4 is 5.32 Å². The van der Waals surface area contributed by atoms with Gasteiger partial charge in [-0.1, -0.05) is 32.0 Å². The Morgan fingerprint density at radius 2 is 2.05 bits per heavy atom. The third-order valence-corrected chi connectivity index (χ3v) is 4.43. The zero-order chi connectivity index (χ0) is 15.1. The molecule has 1 rings (SSSR count). The second kappa shape index (κ2) is 7.94. The van der Waals surface area contributed by atoms with E-state index in [0.29, 0.717) is 6.42 Å². The average Bonchev–Trinajstić information content (AvgIpc) is 2.41. The first-order valence-corrected chi connectivity index (χ1v) is 7.77. The second-order valence-electron chi connectivity index (χ2n) is 4.56. The third-order valence-electron chi connectivity index (χ3n) is 3.07. The summed E-state index contributed by atoms with van der Waals surface area (Å²) in [5.74, 6) is -0.864. The van der Waals surface area contributed by atoms with E-state index in [9.17, 15) is 9.59 Å². The Kier molecular flexibility index (Phi) is 6.58. The molecule has 4 nitrogen and oxygen atoms in total. The molecule has 2 N–H and O–H groups in total. The minimum Gasteiger partial charge on any atom is -0.480 e. The van der Waals surface area contributed by atoms with E-state index < -0.39 is 11.2 Å². The quantitative estimate of drug-likeness (QED) is 0.811. The number of hydrogen-bond donors (Lipinski definition) is 2. The summed E-state index contributed by atoms with van der Waals surface area (Å²) in [4.78, 5) is 22.9. The highest BCUT2D eigenvalue weighted by atomic mass is 32.2. The average molecular weight is 295 g/mol. The Balaban J connectivity index is 2.65. The van der Waals surface area contributed by atoms with Crippen LogP contribution >= 0.6 is 11.8 Å². The molecule has 1 amide bonds. The van der Waals surface area contributed by atoms with Crippen molar-refractivity contribution in [3.63, 3.8) is 0 Å². The van der Waals surface area contributed by atoms with Gasteiger partial charge in [-0.05, 0) is 30.9 Å². The molecule has 0 aliphatic rings. The number of carbonyl (C=O) groups is 2. The Labute approximate surface area is 124 Å². The Hall–Kier alpha value is -1.49. The van der Waals surface area contributed by atoms with Gasteiger partial charge in [0.2, 0.25) is 5.91 Å². The highest BCUT2D eigenvalue weighted by Crippen LogP contribution is 2.22. The van der Waals surface area contributed by atoms with Crippen molar-refractivity contribution < 1.29 is 14.7 Å². The normalized spacial score (nSPS) is 11.9. The van der Waals surface area contributed by atoms with Crippen LogP contribution in [0, 0.1) is 6.92 Å². The van der Waals surface area contributed by atoms with Gasteiger partial charge in [0.15, 0.2) is 0 Å². The summed E-state index contributed by atoms with van der Waals surface area (Å²) >= 11 is 1.16. The maximum absolute atomic E-state index is 12.0. The standard InChI is InChI=1S/C15H21NO3S/c1-4-11-8-6-7-10(3)14(11)16-13(17)9-20-12(5-2)15(18)19/h6-8,12H,4-5,9H2,1-3H3,(H,16,17)(H,18,19). The minimum absolute atomic E-state index is 0.154. The Bertz CT molecular complexity index is 488. The lowest BCUT2D eigenvalue weighted by Gasteiger charge is -2.14. The number of thioether (sulfide) groups is 1. The van der Waals surface area contributed by atoms with Crippen molar-refractivity contribution >= 4 is 29.3 Å². The lowest BCUT2D eigenvalue weighted by molar-refractivity contribution is -0.136. The van der Waals surface area contributed by atoms with Gasteiger partial charge in [-0.15, -0.1) is 11.8 Å². The first kappa shape index (κ1) is 16.6. The predicted molar refractivity (Wildman–Crippen MR) is 83.4 cm³/mol. The molecular weight excluding hydrogens is 274 g/mol. The summed E-state index contributed by atoms with van der Waals surface area (Å²) in [6, 6.07) is 5.91. The minimum atomic E-state index is -0.865. The van der Waals surface area contributed by atoms with Gasteiger partial charge in [0, 0.05) is 5.69 Å². The van der Waals surface area contributed by atoms with Gasteiger partial charge >= 0.3 is 5.97 Å². The summed E-state index contributed by atoms with van der Waals surface area (Å²) in [6.45, 7) is 5.80. The summed E-state index contributed by atoms with van der Waals surface area (Å²) in [5.41, 5.74) is 2.96. The number of carboxylic acid groups (broad SMARTS) is 1. The van der Waals surface area contributed by atoms with Crippen LogP contribution in [-0.2, 0) is 16.0 Å². The van der Waals surface area contributed by atoms with Crippen LogP contribution in [0.2, 0.25) is 0 Å². The number of amides is 1. The number of aryl methyl sites for hydroxylation is 2. The highest BCUT2D eigenvalue weighted by molar-refractivity contribution is 8.01. The lowest BCUT2D eigenvalue weighted by atomic mass is 10.1. The molecular formula is C15H21NO3S. The second-order valence-corrected chi connectivity index (χ2v) is 5.75. The molecule has 0 fully saturated rings. The number of hydrogen-bond acceptors (Lipinski definition) is 3. The molecule has 1 unspecified atom stereocenters. The van der Waals surface area contributed by atoms with Crippen LogP contribution in [0.25, 0.3) is 0 Å². The van der Waals surface area contributed by atoms with E-state index in [2.05, 4.69) is 5.32 Å². The summed E-state index contributed by atoms with van der Waals surface area (Å²) < 4.78 is 0. The highest BCUT2D eigenvalue weighted by Gasteiger charge is 2.17. The topological polar surface area (TPSA) is 66.4 Å². The third kappa shape index (κ3) is 4.56. The fourth-order valence-corrected chi connectivity index (χ4v) is 2.72. The van der Waals surface area contributed by atoms with Crippen LogP contribution in [0.5, 0.6) is 0 Å². The van der Waals surface area contributed by atoms with E-state index in [1.807, 2.05) is 32.0 Å². The van der Waals surface area contributed by atoms with E-state index in [-0.39, 0.29) is 11.7 Å². The Morgan fingerprint density at radius 3 is 2.60 bits per heavy atom. The van der Waals surface area contributed by atoms with Gasteiger partial charge in [0.05, 0.1) is 5.75 Å². The lowest BCUT2D eigenvalue weighted by Crippen LogP contribution is -2.21. The van der Waals surface area contributed by atoms with E-state index >= 15 is 0 Å². The SMILES string of the molecule is CCc1cccc(C)c1NC(=O)CSC(CC)C(=O)O. The molecule has 0 saturated heterocycles. The monoisotopic (exact) mass is 295 g/mol. The fraction of sp³-hybridized carbons (Fsp3) is 0.467. The van der Waals surface area contributed by atoms with Gasteiger partial charge < -0.3 is 10.4 Å². The molecule has 1 aromatic carbocycles. The van der Waals surface area contributed by atoms with Crippen molar-refractivity contribution in [2.45, 2.75) is 38.9 Å². The first-order chi connectivity index (χ1) is 9.49. The molecule has 0 aliphatic carbocycles. The molecule has 0 bridgehead atoms. The predicted octanol–water partition coefficient (Wildman–Crippen LogP) is 3.09. The van der Waals surface area contributed by atoms with Crippen LogP contribution in [-0.4, -0.2) is 28.0 Å².